The number of amides is 1. The number of hydrogen-bond acceptors (Lipinski definition) is 5. The molecule has 38 heavy (non-hydrogen) atoms. The lowest BCUT2D eigenvalue weighted by atomic mass is 9.71. The molecule has 1 fully saturated rings. The number of carbonyl (C=O) groups is 1. The quantitative estimate of drug-likeness (QED) is 0.228. The molecular weight excluding hydrogens is 591 g/mol. The van der Waals surface area contributed by atoms with Crippen molar-refractivity contribution < 1.29 is 19.0 Å². The van der Waals surface area contributed by atoms with E-state index in [2.05, 4.69) is 77.0 Å². The fourth-order valence-electron chi connectivity index (χ4n) is 5.79. The van der Waals surface area contributed by atoms with Crippen LogP contribution in [0.25, 0.3) is 11.1 Å². The van der Waals surface area contributed by atoms with E-state index in [9.17, 15) is 4.79 Å². The summed E-state index contributed by atoms with van der Waals surface area (Å²) in [6.07, 6.45) is 2.24. The van der Waals surface area contributed by atoms with Crippen LogP contribution < -0.4 is 4.74 Å². The molecule has 0 radical (unpaired) electrons. The molecule has 2 aliphatic heterocycles. The Balaban J connectivity index is 1.58. The summed E-state index contributed by atoms with van der Waals surface area (Å²) in [5.41, 5.74) is 7.19. The number of nitrogens with zero attached hydrogens (tertiary/aromatic N) is 2. The van der Waals surface area contributed by atoms with Gasteiger partial charge < -0.3 is 19.1 Å². The Labute approximate surface area is 238 Å². The molecule has 1 aromatic heterocycles. The average Bonchev–Trinajstić information content (AvgIpc) is 3.26. The summed E-state index contributed by atoms with van der Waals surface area (Å²) in [4.78, 5) is 19.4. The van der Waals surface area contributed by atoms with Gasteiger partial charge in [0, 0.05) is 41.3 Å². The number of fused-ring (bicyclic) bond motifs is 2. The Hall–Kier alpha value is -2.65. The van der Waals surface area contributed by atoms with E-state index in [1.54, 1.807) is 7.11 Å². The minimum absolute atomic E-state index is 0.0778. The lowest BCUT2D eigenvalue weighted by Gasteiger charge is -2.46. The van der Waals surface area contributed by atoms with Crippen LogP contribution in [0.4, 0.5) is 4.79 Å². The van der Waals surface area contributed by atoms with Crippen LogP contribution in [0, 0.1) is 6.92 Å². The maximum Gasteiger partial charge on any atom is 0.410 e. The van der Waals surface area contributed by atoms with Crippen molar-refractivity contribution in [2.24, 2.45) is 0 Å². The van der Waals surface area contributed by atoms with E-state index in [-0.39, 0.29) is 12.0 Å². The number of rotatable bonds is 4. The highest BCUT2D eigenvalue weighted by atomic mass is 127. The molecule has 200 valence electrons. The predicted octanol–water partition coefficient (Wildman–Crippen LogP) is 7.15. The molecule has 1 amide bonds. The van der Waals surface area contributed by atoms with Gasteiger partial charge in [0.1, 0.15) is 11.2 Å². The largest absolute Gasteiger partial charge is 0.481 e. The van der Waals surface area contributed by atoms with Gasteiger partial charge in [-0.2, -0.15) is 0 Å². The first kappa shape index (κ1) is 26.9. The van der Waals surface area contributed by atoms with Gasteiger partial charge in [-0.25, -0.2) is 9.78 Å². The van der Waals surface area contributed by atoms with Crippen molar-refractivity contribution in [3.63, 3.8) is 0 Å². The molecule has 2 aliphatic rings. The van der Waals surface area contributed by atoms with E-state index >= 15 is 0 Å². The summed E-state index contributed by atoms with van der Waals surface area (Å²) in [5, 5.41) is 0. The standard InChI is InChI=1S/C31H35IN2O4/c1-20-14-21(25-9-7-6-8-22(25)16-32)10-11-24(20)27-18-34(29(35)38-30(2,3)4)13-12-31(27)26-15-28(36-5)33-17-23(26)19-37-31/h6-11,14-15,17,27H,12-13,16,18-19H2,1-5H3/t27-,31+/m1/s1. The highest BCUT2D eigenvalue weighted by Gasteiger charge is 2.52. The maximum absolute atomic E-state index is 13.2. The first-order chi connectivity index (χ1) is 18.1. The monoisotopic (exact) mass is 626 g/mol. The van der Waals surface area contributed by atoms with Crippen molar-refractivity contribution in [2.45, 2.75) is 62.3 Å². The van der Waals surface area contributed by atoms with Crippen LogP contribution in [0.15, 0.2) is 54.7 Å². The summed E-state index contributed by atoms with van der Waals surface area (Å²) >= 11 is 2.42. The molecule has 3 aromatic rings. The van der Waals surface area contributed by atoms with Gasteiger partial charge in [-0.1, -0.05) is 65.1 Å². The summed E-state index contributed by atoms with van der Waals surface area (Å²) in [6, 6.07) is 17.3. The highest BCUT2D eigenvalue weighted by Crippen LogP contribution is 2.52. The zero-order valence-electron chi connectivity index (χ0n) is 22.7. The van der Waals surface area contributed by atoms with Crippen LogP contribution in [-0.4, -0.2) is 41.8 Å². The molecule has 0 unspecified atom stereocenters. The molecule has 1 spiro atoms. The summed E-state index contributed by atoms with van der Waals surface area (Å²) in [6.45, 7) is 9.42. The molecule has 2 atom stereocenters. The fraction of sp³-hybridized carbons (Fsp3) is 0.419. The van der Waals surface area contributed by atoms with E-state index in [1.807, 2.05) is 37.9 Å². The Morgan fingerprint density at radius 2 is 2.00 bits per heavy atom. The first-order valence-electron chi connectivity index (χ1n) is 13.1. The predicted molar refractivity (Wildman–Crippen MR) is 157 cm³/mol. The molecule has 0 bridgehead atoms. The second kappa shape index (κ2) is 10.5. The Kier molecular flexibility index (Phi) is 7.44. The van der Waals surface area contributed by atoms with Gasteiger partial charge in [-0.05, 0) is 67.5 Å². The molecule has 1 saturated heterocycles. The van der Waals surface area contributed by atoms with Gasteiger partial charge in [-0.3, -0.25) is 0 Å². The number of benzene rings is 2. The van der Waals surface area contributed by atoms with Crippen LogP contribution in [0.5, 0.6) is 5.88 Å². The highest BCUT2D eigenvalue weighted by molar-refractivity contribution is 14.1. The third kappa shape index (κ3) is 5.02. The third-order valence-corrected chi connectivity index (χ3v) is 8.42. The van der Waals surface area contributed by atoms with Gasteiger partial charge in [0.05, 0.1) is 13.7 Å². The third-order valence-electron chi connectivity index (χ3n) is 7.60. The topological polar surface area (TPSA) is 60.9 Å². The van der Waals surface area contributed by atoms with E-state index in [1.165, 1.54) is 27.8 Å². The Morgan fingerprint density at radius 1 is 1.21 bits per heavy atom. The van der Waals surface area contributed by atoms with Gasteiger partial charge in [0.15, 0.2) is 0 Å². The zero-order valence-corrected chi connectivity index (χ0v) is 24.9. The molecule has 0 aliphatic carbocycles. The Morgan fingerprint density at radius 3 is 2.71 bits per heavy atom. The normalized spacial score (nSPS) is 20.9. The lowest BCUT2D eigenvalue weighted by Crippen LogP contribution is -2.51. The number of aryl methyl sites for hydroxylation is 1. The number of ether oxygens (including phenoxy) is 3. The number of aromatic nitrogens is 1. The molecule has 6 nitrogen and oxygen atoms in total. The number of methoxy groups -OCH3 is 1. The fourth-order valence-corrected chi connectivity index (χ4v) is 6.46. The van der Waals surface area contributed by atoms with Crippen LogP contribution in [-0.2, 0) is 26.1 Å². The molecule has 5 rings (SSSR count). The molecule has 0 saturated carbocycles. The smallest absolute Gasteiger partial charge is 0.410 e. The number of pyridine rings is 1. The van der Waals surface area contributed by atoms with Crippen molar-refractivity contribution in [3.05, 3.63) is 82.5 Å². The van der Waals surface area contributed by atoms with Crippen LogP contribution in [0.3, 0.4) is 0 Å². The van der Waals surface area contributed by atoms with Crippen LogP contribution >= 0.6 is 22.6 Å². The van der Waals surface area contributed by atoms with Crippen molar-refractivity contribution in [1.82, 2.24) is 9.88 Å². The summed E-state index contributed by atoms with van der Waals surface area (Å²) < 4.78 is 18.9. The number of hydrogen-bond donors (Lipinski definition) is 0. The zero-order chi connectivity index (χ0) is 27.1. The van der Waals surface area contributed by atoms with Crippen LogP contribution in [0.1, 0.15) is 60.9 Å². The second-order valence-corrected chi connectivity index (χ2v) is 11.9. The number of piperidine rings is 1. The van der Waals surface area contributed by atoms with Crippen molar-refractivity contribution in [2.75, 3.05) is 20.2 Å². The number of alkyl halides is 1. The maximum atomic E-state index is 13.2. The summed E-state index contributed by atoms with van der Waals surface area (Å²) in [7, 11) is 1.64. The van der Waals surface area contributed by atoms with E-state index in [0.717, 1.165) is 15.6 Å². The lowest BCUT2D eigenvalue weighted by molar-refractivity contribution is -0.0956. The second-order valence-electron chi connectivity index (χ2n) is 11.2. The number of halogens is 1. The van der Waals surface area contributed by atoms with Gasteiger partial charge in [-0.15, -0.1) is 0 Å². The van der Waals surface area contributed by atoms with Crippen molar-refractivity contribution in [1.29, 1.82) is 0 Å². The first-order valence-corrected chi connectivity index (χ1v) is 14.6. The molecule has 2 aromatic carbocycles. The Bertz CT molecular complexity index is 1350. The van der Waals surface area contributed by atoms with Gasteiger partial charge in [0.25, 0.3) is 0 Å². The molecule has 3 heterocycles. The average molecular weight is 627 g/mol. The van der Waals surface area contributed by atoms with Crippen molar-refractivity contribution >= 4 is 28.7 Å². The molecule has 7 heteroatoms. The SMILES string of the molecule is COc1cc2c(cn1)CO[C@@]21CCN(C(=O)OC(C)(C)C)C[C@@H]1c1ccc(-c2ccccc2CI)cc1C. The molecular formula is C31H35IN2O4. The van der Waals surface area contributed by atoms with Crippen LogP contribution in [0.2, 0.25) is 0 Å². The van der Waals surface area contributed by atoms with E-state index in [4.69, 9.17) is 14.2 Å². The minimum Gasteiger partial charge on any atom is -0.481 e. The number of likely N-dealkylation sites (tertiary alicyclic amines) is 1. The van der Waals surface area contributed by atoms with Crippen molar-refractivity contribution in [3.8, 4) is 17.0 Å². The summed E-state index contributed by atoms with van der Waals surface area (Å²) in [5.74, 6) is 0.496. The molecule has 0 N–H and O–H groups in total. The van der Waals surface area contributed by atoms with Gasteiger partial charge >= 0.3 is 6.09 Å². The van der Waals surface area contributed by atoms with Gasteiger partial charge in [0.2, 0.25) is 5.88 Å². The minimum atomic E-state index is -0.573. The number of carbonyl (C=O) groups excluding carboxylic acids is 1. The van der Waals surface area contributed by atoms with E-state index in [0.29, 0.717) is 32.0 Å². The van der Waals surface area contributed by atoms with E-state index < -0.39 is 11.2 Å².